The standard InChI is InChI=1S/C19H30N2/c1-4-16(5-2)19-18-14-20(3)12-17(18)13-21(19)11-15-9-7-6-8-10-15/h6-10,16-19H,4-5,11-14H2,1-3H3/t17-,18-,19-/m1/s1. The van der Waals surface area contributed by atoms with Crippen LogP contribution in [0.2, 0.25) is 0 Å². The first-order valence-electron chi connectivity index (χ1n) is 8.69. The van der Waals surface area contributed by atoms with Gasteiger partial charge in [-0.05, 0) is 30.4 Å². The third-order valence-electron chi connectivity index (χ3n) is 5.76. The van der Waals surface area contributed by atoms with Crippen molar-refractivity contribution in [3.63, 3.8) is 0 Å². The number of hydrogen-bond acceptors (Lipinski definition) is 2. The summed E-state index contributed by atoms with van der Waals surface area (Å²) < 4.78 is 0. The molecule has 0 saturated carbocycles. The van der Waals surface area contributed by atoms with E-state index in [9.17, 15) is 0 Å². The lowest BCUT2D eigenvalue weighted by atomic mass is 9.83. The third kappa shape index (κ3) is 3.02. The van der Waals surface area contributed by atoms with E-state index in [1.54, 1.807) is 0 Å². The maximum atomic E-state index is 2.80. The number of rotatable bonds is 5. The molecule has 2 heterocycles. The van der Waals surface area contributed by atoms with Crippen molar-refractivity contribution in [2.24, 2.45) is 17.8 Å². The quantitative estimate of drug-likeness (QED) is 0.817. The van der Waals surface area contributed by atoms with Gasteiger partial charge in [0.05, 0.1) is 0 Å². The Hall–Kier alpha value is -0.860. The van der Waals surface area contributed by atoms with Gasteiger partial charge >= 0.3 is 0 Å². The molecule has 2 heteroatoms. The Morgan fingerprint density at radius 1 is 1.05 bits per heavy atom. The summed E-state index contributed by atoms with van der Waals surface area (Å²) in [5, 5.41) is 0. The second-order valence-electron chi connectivity index (χ2n) is 7.13. The number of likely N-dealkylation sites (tertiary alicyclic amines) is 2. The molecule has 21 heavy (non-hydrogen) atoms. The molecule has 0 radical (unpaired) electrons. The lowest BCUT2D eigenvalue weighted by Crippen LogP contribution is -2.40. The molecule has 2 aliphatic rings. The van der Waals surface area contributed by atoms with Gasteiger partial charge in [-0.15, -0.1) is 0 Å². The molecule has 3 rings (SSSR count). The van der Waals surface area contributed by atoms with Crippen LogP contribution in [0.5, 0.6) is 0 Å². The molecule has 2 fully saturated rings. The van der Waals surface area contributed by atoms with E-state index < -0.39 is 0 Å². The van der Waals surface area contributed by atoms with Crippen LogP contribution in [0.1, 0.15) is 32.3 Å². The zero-order valence-corrected chi connectivity index (χ0v) is 13.8. The highest BCUT2D eigenvalue weighted by Crippen LogP contribution is 2.41. The largest absolute Gasteiger partial charge is 0.306 e. The Morgan fingerprint density at radius 2 is 1.76 bits per heavy atom. The van der Waals surface area contributed by atoms with Gasteiger partial charge in [-0.25, -0.2) is 0 Å². The van der Waals surface area contributed by atoms with Crippen LogP contribution in [0.25, 0.3) is 0 Å². The van der Waals surface area contributed by atoms with Gasteiger partial charge in [0.2, 0.25) is 0 Å². The van der Waals surface area contributed by atoms with Crippen LogP contribution in [0.4, 0.5) is 0 Å². The van der Waals surface area contributed by atoms with Crippen molar-refractivity contribution in [1.29, 1.82) is 0 Å². The Balaban J connectivity index is 1.78. The minimum absolute atomic E-state index is 0.787. The average Bonchev–Trinajstić information content (AvgIpc) is 2.99. The van der Waals surface area contributed by atoms with Crippen molar-refractivity contribution in [2.75, 3.05) is 26.7 Å². The van der Waals surface area contributed by atoms with Crippen LogP contribution in [0.15, 0.2) is 30.3 Å². The summed E-state index contributed by atoms with van der Waals surface area (Å²) in [5.41, 5.74) is 1.47. The van der Waals surface area contributed by atoms with E-state index in [1.807, 2.05) is 0 Å². The smallest absolute Gasteiger partial charge is 0.0237 e. The summed E-state index contributed by atoms with van der Waals surface area (Å²) in [6.45, 7) is 9.79. The SMILES string of the molecule is CCC(CC)[C@@H]1[C@@H]2CN(C)C[C@@H]2CN1Cc1ccccc1. The highest BCUT2D eigenvalue weighted by atomic mass is 15.2. The van der Waals surface area contributed by atoms with E-state index in [2.05, 4.69) is 61.0 Å². The molecule has 116 valence electrons. The summed E-state index contributed by atoms with van der Waals surface area (Å²) in [6, 6.07) is 11.8. The molecule has 2 saturated heterocycles. The van der Waals surface area contributed by atoms with E-state index in [-0.39, 0.29) is 0 Å². The van der Waals surface area contributed by atoms with Crippen molar-refractivity contribution in [3.8, 4) is 0 Å². The molecule has 0 aliphatic carbocycles. The van der Waals surface area contributed by atoms with Gasteiger partial charge in [-0.2, -0.15) is 0 Å². The summed E-state index contributed by atoms with van der Waals surface area (Å²) in [7, 11) is 2.30. The summed E-state index contributed by atoms with van der Waals surface area (Å²) in [4.78, 5) is 5.35. The first kappa shape index (κ1) is 15.1. The highest BCUT2D eigenvalue weighted by Gasteiger charge is 2.47. The summed E-state index contributed by atoms with van der Waals surface area (Å²) >= 11 is 0. The number of hydrogen-bond donors (Lipinski definition) is 0. The van der Waals surface area contributed by atoms with Crippen molar-refractivity contribution in [2.45, 2.75) is 39.3 Å². The Kier molecular flexibility index (Phi) is 4.66. The lowest BCUT2D eigenvalue weighted by molar-refractivity contribution is 0.134. The summed E-state index contributed by atoms with van der Waals surface area (Å²) in [5.74, 6) is 2.64. The van der Waals surface area contributed by atoms with E-state index in [0.29, 0.717) is 0 Å². The Bertz CT molecular complexity index is 440. The first-order valence-corrected chi connectivity index (χ1v) is 8.69. The zero-order valence-electron chi connectivity index (χ0n) is 13.8. The van der Waals surface area contributed by atoms with Gasteiger partial charge in [-0.3, -0.25) is 4.90 Å². The number of nitrogens with zero attached hydrogens (tertiary/aromatic N) is 2. The predicted octanol–water partition coefficient (Wildman–Crippen LogP) is 3.48. The molecular formula is C19H30N2. The molecule has 1 aromatic carbocycles. The van der Waals surface area contributed by atoms with Crippen molar-refractivity contribution in [3.05, 3.63) is 35.9 Å². The Morgan fingerprint density at radius 3 is 2.43 bits per heavy atom. The fourth-order valence-corrected chi connectivity index (χ4v) is 4.80. The minimum atomic E-state index is 0.787. The minimum Gasteiger partial charge on any atom is -0.306 e. The molecule has 0 N–H and O–H groups in total. The molecule has 0 amide bonds. The molecule has 0 bridgehead atoms. The van der Waals surface area contributed by atoms with Crippen LogP contribution in [0.3, 0.4) is 0 Å². The third-order valence-corrected chi connectivity index (χ3v) is 5.76. The van der Waals surface area contributed by atoms with E-state index >= 15 is 0 Å². The van der Waals surface area contributed by atoms with Gasteiger partial charge in [0.1, 0.15) is 0 Å². The van der Waals surface area contributed by atoms with Crippen LogP contribution >= 0.6 is 0 Å². The van der Waals surface area contributed by atoms with Crippen molar-refractivity contribution in [1.82, 2.24) is 9.80 Å². The van der Waals surface area contributed by atoms with Gasteiger partial charge in [-0.1, -0.05) is 57.0 Å². The molecule has 1 aromatic rings. The molecule has 2 aliphatic heterocycles. The molecule has 0 unspecified atom stereocenters. The normalized spacial score (nSPS) is 30.2. The van der Waals surface area contributed by atoms with E-state index in [1.165, 1.54) is 38.0 Å². The van der Waals surface area contributed by atoms with Crippen LogP contribution in [-0.4, -0.2) is 42.5 Å². The number of benzene rings is 1. The van der Waals surface area contributed by atoms with Crippen molar-refractivity contribution < 1.29 is 0 Å². The molecule has 2 nitrogen and oxygen atoms in total. The lowest BCUT2D eigenvalue weighted by Gasteiger charge is -2.34. The maximum absolute atomic E-state index is 2.80. The van der Waals surface area contributed by atoms with Gasteiger partial charge in [0.25, 0.3) is 0 Å². The summed E-state index contributed by atoms with van der Waals surface area (Å²) in [6.07, 6.45) is 2.64. The fourth-order valence-electron chi connectivity index (χ4n) is 4.80. The second-order valence-corrected chi connectivity index (χ2v) is 7.13. The second kappa shape index (κ2) is 6.50. The van der Waals surface area contributed by atoms with Crippen LogP contribution in [-0.2, 0) is 6.54 Å². The monoisotopic (exact) mass is 286 g/mol. The van der Waals surface area contributed by atoms with E-state index in [4.69, 9.17) is 0 Å². The van der Waals surface area contributed by atoms with Crippen molar-refractivity contribution >= 4 is 0 Å². The van der Waals surface area contributed by atoms with Crippen LogP contribution < -0.4 is 0 Å². The molecule has 0 spiro atoms. The number of fused-ring (bicyclic) bond motifs is 1. The fraction of sp³-hybridized carbons (Fsp3) is 0.684. The topological polar surface area (TPSA) is 6.48 Å². The van der Waals surface area contributed by atoms with Gasteiger partial charge in [0.15, 0.2) is 0 Å². The molecule has 3 atom stereocenters. The molecule has 0 aromatic heterocycles. The highest BCUT2D eigenvalue weighted by molar-refractivity contribution is 5.15. The van der Waals surface area contributed by atoms with Gasteiger partial charge < -0.3 is 4.90 Å². The molecular weight excluding hydrogens is 256 g/mol. The predicted molar refractivity (Wildman–Crippen MR) is 89.2 cm³/mol. The Labute approximate surface area is 130 Å². The first-order chi connectivity index (χ1) is 10.2. The average molecular weight is 286 g/mol. The van der Waals surface area contributed by atoms with Gasteiger partial charge in [0, 0.05) is 32.2 Å². The van der Waals surface area contributed by atoms with E-state index in [0.717, 1.165) is 30.3 Å². The van der Waals surface area contributed by atoms with Crippen LogP contribution in [0, 0.1) is 17.8 Å². The zero-order chi connectivity index (χ0) is 14.8. The maximum Gasteiger partial charge on any atom is 0.0237 e.